The molecule has 1 aliphatic heterocycles. The summed E-state index contributed by atoms with van der Waals surface area (Å²) < 4.78 is 5.47. The third-order valence-corrected chi connectivity index (χ3v) is 2.72. The summed E-state index contributed by atoms with van der Waals surface area (Å²) >= 11 is 0. The summed E-state index contributed by atoms with van der Waals surface area (Å²) in [5.74, 6) is 0.866. The Hall–Kier alpha value is -1.29. The number of morpholine rings is 1. The van der Waals surface area contributed by atoms with Crippen LogP contribution < -0.4 is 10.6 Å². The van der Waals surface area contributed by atoms with Gasteiger partial charge in [-0.3, -0.25) is 0 Å². The van der Waals surface area contributed by atoms with E-state index < -0.39 is 0 Å². The molecule has 0 unspecified atom stereocenters. The Morgan fingerprint density at radius 3 is 3.00 bits per heavy atom. The second kappa shape index (κ2) is 3.70. The number of pyridine rings is 1. The minimum Gasteiger partial charge on any atom is -0.396 e. The van der Waals surface area contributed by atoms with E-state index in [1.807, 2.05) is 12.1 Å². The first kappa shape index (κ1) is 10.2. The number of nitrogen functional groups attached to an aromatic ring is 1. The van der Waals surface area contributed by atoms with Crippen LogP contribution in [0, 0.1) is 0 Å². The summed E-state index contributed by atoms with van der Waals surface area (Å²) in [5, 5.41) is 0. The fourth-order valence-corrected chi connectivity index (χ4v) is 1.89. The molecule has 0 aromatic carbocycles. The van der Waals surface area contributed by atoms with Gasteiger partial charge in [0.15, 0.2) is 5.82 Å². The third kappa shape index (κ3) is 1.90. The smallest absolute Gasteiger partial charge is 0.152 e. The zero-order valence-electron chi connectivity index (χ0n) is 9.23. The maximum atomic E-state index is 5.93. The number of anilines is 2. The van der Waals surface area contributed by atoms with E-state index in [0.29, 0.717) is 6.61 Å². The van der Waals surface area contributed by atoms with Gasteiger partial charge in [0.05, 0.1) is 24.4 Å². The number of rotatable bonds is 1. The van der Waals surface area contributed by atoms with E-state index in [4.69, 9.17) is 10.5 Å². The number of aromatic nitrogens is 1. The van der Waals surface area contributed by atoms with Crippen LogP contribution in [-0.4, -0.2) is 30.3 Å². The highest BCUT2D eigenvalue weighted by molar-refractivity contribution is 5.63. The summed E-state index contributed by atoms with van der Waals surface area (Å²) in [6, 6.07) is 3.74. The quantitative estimate of drug-likeness (QED) is 0.753. The molecule has 0 radical (unpaired) electrons. The van der Waals surface area contributed by atoms with Gasteiger partial charge in [0, 0.05) is 12.7 Å². The van der Waals surface area contributed by atoms with Crippen molar-refractivity contribution in [3.05, 3.63) is 18.3 Å². The van der Waals surface area contributed by atoms with Gasteiger partial charge in [-0.2, -0.15) is 0 Å². The molecule has 4 heteroatoms. The second-order valence-corrected chi connectivity index (χ2v) is 4.43. The normalized spacial score (nSPS) is 20.3. The standard InChI is InChI=1S/C11H17N3O/c1-11(2)8-15-7-6-14(11)10-9(12)4-3-5-13-10/h3-5H,6-8,12H2,1-2H3. The highest BCUT2D eigenvalue weighted by Gasteiger charge is 2.32. The predicted octanol–water partition coefficient (Wildman–Crippen LogP) is 1.28. The molecule has 2 rings (SSSR count). The van der Waals surface area contributed by atoms with Crippen molar-refractivity contribution >= 4 is 11.5 Å². The molecule has 15 heavy (non-hydrogen) atoms. The Labute approximate surface area is 90.0 Å². The molecular formula is C11H17N3O. The Morgan fingerprint density at radius 2 is 2.33 bits per heavy atom. The summed E-state index contributed by atoms with van der Waals surface area (Å²) in [7, 11) is 0. The lowest BCUT2D eigenvalue weighted by atomic mass is 10.0. The SMILES string of the molecule is CC1(C)COCCN1c1ncccc1N. The molecule has 1 aromatic rings. The average molecular weight is 207 g/mol. The zero-order valence-corrected chi connectivity index (χ0v) is 9.23. The van der Waals surface area contributed by atoms with E-state index in [9.17, 15) is 0 Å². The van der Waals surface area contributed by atoms with E-state index in [0.717, 1.165) is 24.7 Å². The molecule has 1 aromatic heterocycles. The molecule has 2 N–H and O–H groups in total. The number of nitrogens with zero attached hydrogens (tertiary/aromatic N) is 2. The van der Waals surface area contributed by atoms with Crippen molar-refractivity contribution in [3.8, 4) is 0 Å². The van der Waals surface area contributed by atoms with Gasteiger partial charge in [-0.05, 0) is 26.0 Å². The Balaban J connectivity index is 2.33. The van der Waals surface area contributed by atoms with Crippen LogP contribution in [0.5, 0.6) is 0 Å². The van der Waals surface area contributed by atoms with Crippen molar-refractivity contribution in [2.75, 3.05) is 30.4 Å². The molecule has 1 saturated heterocycles. The van der Waals surface area contributed by atoms with Crippen LogP contribution in [-0.2, 0) is 4.74 Å². The molecule has 82 valence electrons. The van der Waals surface area contributed by atoms with Gasteiger partial charge >= 0.3 is 0 Å². The van der Waals surface area contributed by atoms with Gasteiger partial charge in [-0.1, -0.05) is 0 Å². The zero-order chi connectivity index (χ0) is 10.9. The molecule has 0 bridgehead atoms. The van der Waals surface area contributed by atoms with Crippen molar-refractivity contribution < 1.29 is 4.74 Å². The van der Waals surface area contributed by atoms with Gasteiger partial charge in [0.2, 0.25) is 0 Å². The molecule has 1 aliphatic rings. The van der Waals surface area contributed by atoms with Crippen molar-refractivity contribution in [2.45, 2.75) is 19.4 Å². The number of ether oxygens (including phenoxy) is 1. The topological polar surface area (TPSA) is 51.4 Å². The lowest BCUT2D eigenvalue weighted by molar-refractivity contribution is 0.0640. The molecule has 0 spiro atoms. The molecular weight excluding hydrogens is 190 g/mol. The molecule has 4 nitrogen and oxygen atoms in total. The average Bonchev–Trinajstić information content (AvgIpc) is 2.19. The van der Waals surface area contributed by atoms with Crippen LogP contribution in [0.3, 0.4) is 0 Å². The summed E-state index contributed by atoms with van der Waals surface area (Å²) in [5.41, 5.74) is 6.62. The minimum atomic E-state index is -0.0409. The number of nitrogens with two attached hydrogens (primary N) is 1. The highest BCUT2D eigenvalue weighted by Crippen LogP contribution is 2.28. The Bertz CT molecular complexity index is 351. The van der Waals surface area contributed by atoms with Crippen LogP contribution in [0.4, 0.5) is 11.5 Å². The first-order valence-corrected chi connectivity index (χ1v) is 5.17. The van der Waals surface area contributed by atoms with Crippen molar-refractivity contribution in [1.29, 1.82) is 0 Å². The van der Waals surface area contributed by atoms with Crippen LogP contribution in [0.25, 0.3) is 0 Å². The van der Waals surface area contributed by atoms with E-state index >= 15 is 0 Å². The van der Waals surface area contributed by atoms with Gasteiger partial charge in [0.25, 0.3) is 0 Å². The first-order valence-electron chi connectivity index (χ1n) is 5.17. The summed E-state index contributed by atoms with van der Waals surface area (Å²) in [6.45, 7) is 6.57. The fraction of sp³-hybridized carbons (Fsp3) is 0.545. The van der Waals surface area contributed by atoms with E-state index in [2.05, 4.69) is 23.7 Å². The van der Waals surface area contributed by atoms with Gasteiger partial charge < -0.3 is 15.4 Å². The van der Waals surface area contributed by atoms with Crippen LogP contribution in [0.15, 0.2) is 18.3 Å². The lowest BCUT2D eigenvalue weighted by Gasteiger charge is -2.43. The van der Waals surface area contributed by atoms with Crippen LogP contribution in [0.1, 0.15) is 13.8 Å². The predicted molar refractivity (Wildman–Crippen MR) is 60.9 cm³/mol. The van der Waals surface area contributed by atoms with Gasteiger partial charge in [0.1, 0.15) is 0 Å². The van der Waals surface area contributed by atoms with Crippen molar-refractivity contribution in [1.82, 2.24) is 4.98 Å². The van der Waals surface area contributed by atoms with Crippen LogP contribution >= 0.6 is 0 Å². The van der Waals surface area contributed by atoms with Gasteiger partial charge in [-0.15, -0.1) is 0 Å². The van der Waals surface area contributed by atoms with E-state index in [1.165, 1.54) is 0 Å². The van der Waals surface area contributed by atoms with Crippen LogP contribution in [0.2, 0.25) is 0 Å². The molecule has 0 saturated carbocycles. The summed E-state index contributed by atoms with van der Waals surface area (Å²) in [6.07, 6.45) is 1.78. The molecule has 0 atom stereocenters. The minimum absolute atomic E-state index is 0.0409. The molecule has 2 heterocycles. The maximum Gasteiger partial charge on any atom is 0.152 e. The highest BCUT2D eigenvalue weighted by atomic mass is 16.5. The van der Waals surface area contributed by atoms with E-state index in [-0.39, 0.29) is 5.54 Å². The fourth-order valence-electron chi connectivity index (χ4n) is 1.89. The first-order chi connectivity index (χ1) is 7.11. The summed E-state index contributed by atoms with van der Waals surface area (Å²) in [4.78, 5) is 6.56. The van der Waals surface area contributed by atoms with Gasteiger partial charge in [-0.25, -0.2) is 4.98 Å². The Kier molecular flexibility index (Phi) is 2.52. The number of hydrogen-bond acceptors (Lipinski definition) is 4. The lowest BCUT2D eigenvalue weighted by Crippen LogP contribution is -2.53. The molecule has 0 amide bonds. The number of hydrogen-bond donors (Lipinski definition) is 1. The second-order valence-electron chi connectivity index (χ2n) is 4.43. The van der Waals surface area contributed by atoms with Crippen molar-refractivity contribution in [3.63, 3.8) is 0 Å². The monoisotopic (exact) mass is 207 g/mol. The third-order valence-electron chi connectivity index (χ3n) is 2.72. The largest absolute Gasteiger partial charge is 0.396 e. The Morgan fingerprint density at radius 1 is 1.53 bits per heavy atom. The molecule has 1 fully saturated rings. The van der Waals surface area contributed by atoms with Crippen molar-refractivity contribution in [2.24, 2.45) is 0 Å². The molecule has 0 aliphatic carbocycles. The van der Waals surface area contributed by atoms with E-state index in [1.54, 1.807) is 6.20 Å². The maximum absolute atomic E-state index is 5.93.